The van der Waals surface area contributed by atoms with E-state index in [2.05, 4.69) is 179 Å². The number of benzene rings is 8. The first kappa shape index (κ1) is 31.9. The Labute approximate surface area is 331 Å². The molecule has 4 aromatic heterocycles. The molecule has 4 heterocycles. The number of para-hydroxylation sites is 4. The fourth-order valence-corrected chi connectivity index (χ4v) is 9.91. The zero-order valence-electron chi connectivity index (χ0n) is 30.5. The molecule has 0 radical (unpaired) electrons. The minimum absolute atomic E-state index is 0.581. The quantitative estimate of drug-likeness (QED) is 0.176. The molecule has 6 heteroatoms. The van der Waals surface area contributed by atoms with Crippen LogP contribution < -0.4 is 0 Å². The van der Waals surface area contributed by atoms with Crippen LogP contribution in [0.15, 0.2) is 188 Å². The maximum absolute atomic E-state index is 5.37. The fraction of sp³-hybridized carbons (Fsp3) is 0. The second kappa shape index (κ2) is 12.6. The molecule has 0 fully saturated rings. The van der Waals surface area contributed by atoms with Gasteiger partial charge in [0.05, 0.1) is 22.1 Å². The Kier molecular flexibility index (Phi) is 7.03. The molecule has 12 rings (SSSR count). The molecule has 0 bridgehead atoms. The van der Waals surface area contributed by atoms with E-state index >= 15 is 0 Å². The van der Waals surface area contributed by atoms with Gasteiger partial charge in [0.25, 0.3) is 0 Å². The van der Waals surface area contributed by atoms with Gasteiger partial charge in [0, 0.05) is 64.1 Å². The molecule has 0 unspecified atom stereocenters. The van der Waals surface area contributed by atoms with E-state index in [0.717, 1.165) is 49.7 Å². The summed E-state index contributed by atoms with van der Waals surface area (Å²) >= 11 is 1.84. The second-order valence-electron chi connectivity index (χ2n) is 14.4. The summed E-state index contributed by atoms with van der Waals surface area (Å²) in [6.45, 7) is 0. The van der Waals surface area contributed by atoms with E-state index in [9.17, 15) is 0 Å². The van der Waals surface area contributed by atoms with Crippen molar-refractivity contribution in [3.8, 4) is 45.5 Å². The number of hydrogen-bond donors (Lipinski definition) is 0. The van der Waals surface area contributed by atoms with Crippen LogP contribution in [-0.4, -0.2) is 24.1 Å². The van der Waals surface area contributed by atoms with Crippen molar-refractivity contribution in [1.82, 2.24) is 24.1 Å². The predicted molar refractivity (Wildman–Crippen MR) is 238 cm³/mol. The van der Waals surface area contributed by atoms with Crippen LogP contribution in [0.5, 0.6) is 0 Å². The van der Waals surface area contributed by atoms with E-state index in [-0.39, 0.29) is 0 Å². The molecule has 0 saturated heterocycles. The topological polar surface area (TPSA) is 48.5 Å². The van der Waals surface area contributed by atoms with E-state index in [4.69, 9.17) is 15.0 Å². The lowest BCUT2D eigenvalue weighted by Crippen LogP contribution is -2.06. The van der Waals surface area contributed by atoms with Crippen molar-refractivity contribution in [3.05, 3.63) is 188 Å². The molecule has 0 atom stereocenters. The highest BCUT2D eigenvalue weighted by Gasteiger charge is 2.22. The molecule has 57 heavy (non-hydrogen) atoms. The number of thiophene rings is 1. The van der Waals surface area contributed by atoms with Crippen LogP contribution >= 0.6 is 11.3 Å². The third-order valence-electron chi connectivity index (χ3n) is 11.2. The van der Waals surface area contributed by atoms with E-state index in [1.807, 2.05) is 29.5 Å². The largest absolute Gasteiger partial charge is 0.309 e. The highest BCUT2D eigenvalue weighted by molar-refractivity contribution is 7.26. The number of nitrogens with zero attached hydrogens (tertiary/aromatic N) is 5. The van der Waals surface area contributed by atoms with E-state index in [0.29, 0.717) is 17.6 Å². The second-order valence-corrected chi connectivity index (χ2v) is 15.5. The molecule has 0 aliphatic carbocycles. The van der Waals surface area contributed by atoms with Crippen LogP contribution in [-0.2, 0) is 0 Å². The first-order valence-corrected chi connectivity index (χ1v) is 19.9. The third kappa shape index (κ3) is 4.91. The van der Waals surface area contributed by atoms with Crippen molar-refractivity contribution in [2.24, 2.45) is 0 Å². The Balaban J connectivity index is 1.16. The maximum atomic E-state index is 5.37. The average Bonchev–Trinajstić information content (AvgIpc) is 3.94. The van der Waals surface area contributed by atoms with Crippen molar-refractivity contribution < 1.29 is 0 Å². The molecule has 0 N–H and O–H groups in total. The van der Waals surface area contributed by atoms with Crippen LogP contribution in [0.25, 0.3) is 109 Å². The normalized spacial score (nSPS) is 11.9. The summed E-state index contributed by atoms with van der Waals surface area (Å²) in [4.78, 5) is 15.8. The molecule has 0 spiro atoms. The molecule has 12 aromatic rings. The van der Waals surface area contributed by atoms with Crippen LogP contribution in [0.1, 0.15) is 0 Å². The highest BCUT2D eigenvalue weighted by Crippen LogP contribution is 2.45. The predicted octanol–water partition coefficient (Wildman–Crippen LogP) is 13.4. The average molecular weight is 746 g/mol. The standard InChI is InChI=1S/C51H31N5S/c1-2-16-32(17-3-1)49-52-50(54-51(53-49)56-45-27-13-8-21-37(45)38-22-9-14-28-46(38)56)40-24-5-4-18-34(40)41-30-33(31-42-39-23-10-15-29-47(39)57-48(41)42)55-43-25-11-6-19-35(43)36-20-7-12-26-44(36)55/h1-31H. The molecule has 0 amide bonds. The smallest absolute Gasteiger partial charge is 0.238 e. The van der Waals surface area contributed by atoms with Crippen molar-refractivity contribution in [3.63, 3.8) is 0 Å². The Morgan fingerprint density at radius 2 is 0.842 bits per heavy atom. The van der Waals surface area contributed by atoms with E-state index < -0.39 is 0 Å². The van der Waals surface area contributed by atoms with Gasteiger partial charge in [0.15, 0.2) is 11.6 Å². The van der Waals surface area contributed by atoms with Crippen molar-refractivity contribution in [2.45, 2.75) is 0 Å². The van der Waals surface area contributed by atoms with Gasteiger partial charge in [-0.2, -0.15) is 9.97 Å². The number of rotatable bonds is 5. The van der Waals surface area contributed by atoms with Gasteiger partial charge in [0.2, 0.25) is 5.95 Å². The summed E-state index contributed by atoms with van der Waals surface area (Å²) in [6.07, 6.45) is 0. The summed E-state index contributed by atoms with van der Waals surface area (Å²) in [5.41, 5.74) is 9.65. The summed E-state index contributed by atoms with van der Waals surface area (Å²) in [5.74, 6) is 1.82. The molecule has 8 aromatic carbocycles. The van der Waals surface area contributed by atoms with Crippen LogP contribution in [0.2, 0.25) is 0 Å². The Morgan fingerprint density at radius 3 is 1.47 bits per heavy atom. The van der Waals surface area contributed by atoms with Gasteiger partial charge < -0.3 is 4.57 Å². The molecular formula is C51H31N5S. The lowest BCUT2D eigenvalue weighted by Gasteiger charge is -2.16. The first-order chi connectivity index (χ1) is 28.3. The van der Waals surface area contributed by atoms with E-state index in [1.165, 1.54) is 42.0 Å². The first-order valence-electron chi connectivity index (χ1n) is 19.1. The van der Waals surface area contributed by atoms with Crippen molar-refractivity contribution in [2.75, 3.05) is 0 Å². The molecule has 266 valence electrons. The number of fused-ring (bicyclic) bond motifs is 9. The summed E-state index contributed by atoms with van der Waals surface area (Å²) in [6, 6.07) is 66.7. The summed E-state index contributed by atoms with van der Waals surface area (Å²) < 4.78 is 7.08. The van der Waals surface area contributed by atoms with Gasteiger partial charge in [-0.15, -0.1) is 11.3 Å². The highest BCUT2D eigenvalue weighted by atomic mass is 32.1. The van der Waals surface area contributed by atoms with E-state index in [1.54, 1.807) is 0 Å². The van der Waals surface area contributed by atoms with Gasteiger partial charge in [-0.1, -0.05) is 146 Å². The molecule has 0 aliphatic rings. The maximum Gasteiger partial charge on any atom is 0.238 e. The molecule has 0 aliphatic heterocycles. The number of aromatic nitrogens is 5. The van der Waals surface area contributed by atoms with Gasteiger partial charge in [-0.3, -0.25) is 4.57 Å². The van der Waals surface area contributed by atoms with Crippen LogP contribution in [0, 0.1) is 0 Å². The Bertz CT molecular complexity index is 3430. The van der Waals surface area contributed by atoms with Gasteiger partial charge in [-0.25, -0.2) is 4.98 Å². The van der Waals surface area contributed by atoms with Gasteiger partial charge in [0.1, 0.15) is 0 Å². The number of hydrogen-bond acceptors (Lipinski definition) is 4. The van der Waals surface area contributed by atoms with Crippen molar-refractivity contribution in [1.29, 1.82) is 0 Å². The Morgan fingerprint density at radius 1 is 0.351 bits per heavy atom. The van der Waals surface area contributed by atoms with Crippen LogP contribution in [0.3, 0.4) is 0 Å². The SMILES string of the molecule is c1ccc(-c2nc(-c3ccccc3-c3cc(-n4c5ccccc5c5ccccc54)cc4c3sc3ccccc34)nc(-n3c4ccccc4c4ccccc43)n2)cc1. The fourth-order valence-electron chi connectivity index (χ4n) is 8.69. The van der Waals surface area contributed by atoms with Gasteiger partial charge >= 0.3 is 0 Å². The third-order valence-corrected chi connectivity index (χ3v) is 12.4. The molecule has 5 nitrogen and oxygen atoms in total. The molecule has 0 saturated carbocycles. The zero-order chi connectivity index (χ0) is 37.5. The van der Waals surface area contributed by atoms with Gasteiger partial charge in [-0.05, 0) is 48.0 Å². The van der Waals surface area contributed by atoms with Crippen molar-refractivity contribution >= 4 is 75.1 Å². The lowest BCUT2D eigenvalue weighted by atomic mass is 9.96. The Hall–Kier alpha value is -7.41. The minimum Gasteiger partial charge on any atom is -0.309 e. The molecular weight excluding hydrogens is 715 g/mol. The minimum atomic E-state index is 0.581. The summed E-state index contributed by atoms with van der Waals surface area (Å²) in [7, 11) is 0. The monoisotopic (exact) mass is 745 g/mol. The lowest BCUT2D eigenvalue weighted by molar-refractivity contribution is 0.953. The van der Waals surface area contributed by atoms with Crippen LogP contribution in [0.4, 0.5) is 0 Å². The zero-order valence-corrected chi connectivity index (χ0v) is 31.4. The summed E-state index contributed by atoms with van der Waals surface area (Å²) in [5, 5.41) is 7.27.